The van der Waals surface area contributed by atoms with Crippen LogP contribution in [0, 0.1) is 5.92 Å². The van der Waals surface area contributed by atoms with E-state index in [1.54, 1.807) is 22.7 Å². The van der Waals surface area contributed by atoms with Crippen molar-refractivity contribution in [1.29, 1.82) is 0 Å². The van der Waals surface area contributed by atoms with E-state index >= 15 is 0 Å². The Morgan fingerprint density at radius 3 is 3.07 bits per heavy atom. The molecule has 1 aliphatic carbocycles. The summed E-state index contributed by atoms with van der Waals surface area (Å²) in [5.41, 5.74) is 1.16. The molecule has 0 spiro atoms. The minimum atomic E-state index is -0.118. The highest BCUT2D eigenvalue weighted by Gasteiger charge is 2.24. The van der Waals surface area contributed by atoms with Crippen molar-refractivity contribution in [3.05, 3.63) is 44.1 Å². The topological polar surface area (TPSA) is 102 Å². The molecular weight excluding hydrogens is 424 g/mol. The fourth-order valence-corrected chi connectivity index (χ4v) is 6.63. The third kappa shape index (κ3) is 3.28. The maximum Gasteiger partial charge on any atom is 0.259 e. The molecule has 7 nitrogen and oxygen atoms in total. The average Bonchev–Trinajstić information content (AvgIpc) is 3.40. The summed E-state index contributed by atoms with van der Waals surface area (Å²) in [4.78, 5) is 23.7. The van der Waals surface area contributed by atoms with Gasteiger partial charge in [0.2, 0.25) is 5.16 Å². The number of thioether (sulfide) groups is 1. The van der Waals surface area contributed by atoms with Crippen molar-refractivity contribution in [3.63, 3.8) is 0 Å². The van der Waals surface area contributed by atoms with Crippen molar-refractivity contribution in [2.75, 3.05) is 5.84 Å². The lowest BCUT2D eigenvalue weighted by Gasteiger charge is -2.17. The summed E-state index contributed by atoms with van der Waals surface area (Å²) in [7, 11) is 0. The van der Waals surface area contributed by atoms with E-state index in [4.69, 9.17) is 10.8 Å². The van der Waals surface area contributed by atoms with Crippen molar-refractivity contribution in [2.45, 2.75) is 43.5 Å². The Morgan fingerprint density at radius 2 is 2.28 bits per heavy atom. The van der Waals surface area contributed by atoms with Crippen molar-refractivity contribution in [2.24, 2.45) is 5.92 Å². The third-order valence-corrected chi connectivity index (χ3v) is 8.34. The highest BCUT2D eigenvalue weighted by Crippen LogP contribution is 2.38. The van der Waals surface area contributed by atoms with Gasteiger partial charge in [-0.05, 0) is 49.1 Å². The molecule has 10 heteroatoms. The minimum absolute atomic E-state index is 0.0435. The zero-order valence-corrected chi connectivity index (χ0v) is 18.5. The maximum absolute atomic E-state index is 12.8. The van der Waals surface area contributed by atoms with Gasteiger partial charge in [0, 0.05) is 4.88 Å². The van der Waals surface area contributed by atoms with E-state index in [1.165, 1.54) is 26.9 Å². The number of aromatic amines is 1. The number of H-pyrrole nitrogens is 1. The standard InChI is InChI=1S/C19H20N6OS3/c1-9-5-6-11-13(8-9)29-18-14(11)17(26)21-15(22-18)10(2)28-19-24-23-16(25(19)20)12-4-3-7-27-12/h3-4,7,9-10H,5-6,8,20H2,1-2H3,(H,21,22,26)/t9-,10-/m0/s1. The van der Waals surface area contributed by atoms with E-state index in [9.17, 15) is 4.79 Å². The van der Waals surface area contributed by atoms with Crippen LogP contribution in [-0.2, 0) is 12.8 Å². The Labute approximate surface area is 179 Å². The summed E-state index contributed by atoms with van der Waals surface area (Å²) in [6.45, 7) is 4.26. The van der Waals surface area contributed by atoms with E-state index in [0.29, 0.717) is 22.7 Å². The lowest BCUT2D eigenvalue weighted by Crippen LogP contribution is -2.16. The van der Waals surface area contributed by atoms with E-state index in [-0.39, 0.29) is 10.8 Å². The molecule has 2 atom stereocenters. The number of nitrogens with zero attached hydrogens (tertiary/aromatic N) is 4. The van der Waals surface area contributed by atoms with Gasteiger partial charge in [-0.2, -0.15) is 0 Å². The molecule has 0 saturated carbocycles. The van der Waals surface area contributed by atoms with Gasteiger partial charge in [-0.25, -0.2) is 9.66 Å². The van der Waals surface area contributed by atoms with Gasteiger partial charge in [-0.1, -0.05) is 24.8 Å². The van der Waals surface area contributed by atoms with Crippen LogP contribution >= 0.6 is 34.4 Å². The van der Waals surface area contributed by atoms with Gasteiger partial charge in [0.1, 0.15) is 10.7 Å². The van der Waals surface area contributed by atoms with Crippen LogP contribution in [0.25, 0.3) is 20.9 Å². The van der Waals surface area contributed by atoms with Crippen molar-refractivity contribution < 1.29 is 0 Å². The van der Waals surface area contributed by atoms with Gasteiger partial charge in [-0.3, -0.25) is 4.79 Å². The molecule has 150 valence electrons. The summed E-state index contributed by atoms with van der Waals surface area (Å²) in [5, 5.41) is 11.7. The number of aryl methyl sites for hydroxylation is 1. The third-order valence-electron chi connectivity index (χ3n) is 5.26. The molecule has 4 aromatic rings. The Morgan fingerprint density at radius 1 is 1.41 bits per heavy atom. The van der Waals surface area contributed by atoms with Crippen LogP contribution in [0.3, 0.4) is 0 Å². The number of rotatable bonds is 4. The fraction of sp³-hybridized carbons (Fsp3) is 0.368. The van der Waals surface area contributed by atoms with Crippen LogP contribution in [0.1, 0.15) is 41.8 Å². The Hall–Kier alpha value is -2.17. The predicted molar refractivity (Wildman–Crippen MR) is 119 cm³/mol. The Kier molecular flexibility index (Phi) is 4.72. The molecule has 0 amide bonds. The molecule has 5 rings (SSSR count). The molecule has 0 unspecified atom stereocenters. The van der Waals surface area contributed by atoms with Crippen LogP contribution < -0.4 is 11.4 Å². The van der Waals surface area contributed by atoms with Crippen molar-refractivity contribution in [1.82, 2.24) is 24.8 Å². The number of nitrogen functional groups attached to an aromatic ring is 1. The number of fused-ring (bicyclic) bond motifs is 3. The molecule has 29 heavy (non-hydrogen) atoms. The van der Waals surface area contributed by atoms with E-state index < -0.39 is 0 Å². The molecule has 4 heterocycles. The number of nitrogens with one attached hydrogen (secondary N) is 1. The van der Waals surface area contributed by atoms with E-state index in [1.807, 2.05) is 24.4 Å². The van der Waals surface area contributed by atoms with Crippen LogP contribution in [0.4, 0.5) is 0 Å². The van der Waals surface area contributed by atoms with Gasteiger partial charge in [0.25, 0.3) is 5.56 Å². The second kappa shape index (κ2) is 7.26. The van der Waals surface area contributed by atoms with E-state index in [0.717, 1.165) is 34.4 Å². The van der Waals surface area contributed by atoms with Crippen LogP contribution in [-0.4, -0.2) is 24.8 Å². The van der Waals surface area contributed by atoms with Gasteiger partial charge in [-0.15, -0.1) is 32.9 Å². The highest BCUT2D eigenvalue weighted by atomic mass is 32.2. The zero-order valence-electron chi connectivity index (χ0n) is 16.0. The lowest BCUT2D eigenvalue weighted by molar-refractivity contribution is 0.509. The first kappa shape index (κ1) is 18.8. The summed E-state index contributed by atoms with van der Waals surface area (Å²) in [6, 6.07) is 3.91. The Bertz CT molecular complexity index is 1240. The van der Waals surface area contributed by atoms with E-state index in [2.05, 4.69) is 22.1 Å². The number of hydrogen-bond donors (Lipinski definition) is 2. The number of hydrogen-bond acceptors (Lipinski definition) is 8. The normalized spacial score (nSPS) is 17.5. The zero-order chi connectivity index (χ0) is 20.1. The SMILES string of the molecule is C[C@H]1CCc2c(sc3nc([C@H](C)Sc4nnc(-c5cccs5)n4N)[nH]c(=O)c23)C1. The molecule has 0 bridgehead atoms. The monoisotopic (exact) mass is 444 g/mol. The van der Waals surface area contributed by atoms with Crippen LogP contribution in [0.5, 0.6) is 0 Å². The first-order valence-electron chi connectivity index (χ1n) is 9.46. The van der Waals surface area contributed by atoms with Gasteiger partial charge in [0.15, 0.2) is 5.82 Å². The smallest absolute Gasteiger partial charge is 0.259 e. The van der Waals surface area contributed by atoms with Gasteiger partial charge in [0.05, 0.1) is 15.5 Å². The molecule has 0 saturated heterocycles. The average molecular weight is 445 g/mol. The molecule has 0 aliphatic heterocycles. The molecule has 1 aliphatic rings. The summed E-state index contributed by atoms with van der Waals surface area (Å²) in [6.07, 6.45) is 3.13. The van der Waals surface area contributed by atoms with Crippen LogP contribution in [0.15, 0.2) is 27.5 Å². The van der Waals surface area contributed by atoms with Gasteiger partial charge >= 0.3 is 0 Å². The second-order valence-electron chi connectivity index (χ2n) is 7.40. The Balaban J connectivity index is 1.46. The molecule has 0 radical (unpaired) electrons. The molecule has 0 fully saturated rings. The number of aromatic nitrogens is 5. The molecule has 3 N–H and O–H groups in total. The summed E-state index contributed by atoms with van der Waals surface area (Å²) < 4.78 is 1.49. The van der Waals surface area contributed by atoms with Crippen molar-refractivity contribution in [3.8, 4) is 10.7 Å². The second-order valence-corrected chi connectivity index (χ2v) is 10.7. The first-order chi connectivity index (χ1) is 14.0. The van der Waals surface area contributed by atoms with Crippen LogP contribution in [0.2, 0.25) is 0 Å². The molecular formula is C19H20N6OS3. The quantitative estimate of drug-likeness (QED) is 0.364. The lowest BCUT2D eigenvalue weighted by atomic mass is 9.89. The first-order valence-corrected chi connectivity index (χ1v) is 12.0. The summed E-state index contributed by atoms with van der Waals surface area (Å²) in [5.74, 6) is 8.14. The van der Waals surface area contributed by atoms with Crippen molar-refractivity contribution >= 4 is 44.7 Å². The van der Waals surface area contributed by atoms with Gasteiger partial charge < -0.3 is 10.8 Å². The number of nitrogens with two attached hydrogens (primary N) is 1. The largest absolute Gasteiger partial charge is 0.335 e. The molecule has 0 aromatic carbocycles. The highest BCUT2D eigenvalue weighted by molar-refractivity contribution is 7.99. The molecule has 4 aromatic heterocycles. The minimum Gasteiger partial charge on any atom is -0.335 e. The summed E-state index contributed by atoms with van der Waals surface area (Å²) >= 11 is 4.66. The maximum atomic E-state index is 12.8. The predicted octanol–water partition coefficient (Wildman–Crippen LogP) is 4.00. The number of thiophene rings is 2. The fourth-order valence-electron chi connectivity index (χ4n) is 3.70.